The molecular formula is C15H21N3. The lowest BCUT2D eigenvalue weighted by molar-refractivity contribution is 0.477. The predicted octanol–water partition coefficient (Wildman–Crippen LogP) is 3.10. The quantitative estimate of drug-likeness (QED) is 0.877. The molecule has 3 nitrogen and oxygen atoms in total. The lowest BCUT2D eigenvalue weighted by atomic mass is 10.0. The number of hydrogen-bond donors (Lipinski definition) is 1. The maximum Gasteiger partial charge on any atom is 0.0554 e. The predicted molar refractivity (Wildman–Crippen MR) is 74.3 cm³/mol. The van der Waals surface area contributed by atoms with Gasteiger partial charge in [-0.05, 0) is 38.3 Å². The normalized spacial score (nSPS) is 12.9. The Hall–Kier alpha value is -1.61. The van der Waals surface area contributed by atoms with Gasteiger partial charge in [0.15, 0.2) is 0 Å². The summed E-state index contributed by atoms with van der Waals surface area (Å²) in [4.78, 5) is 0. The second-order valence-electron chi connectivity index (χ2n) is 4.93. The minimum absolute atomic E-state index is 0.0510. The molecule has 1 aromatic heterocycles. The van der Waals surface area contributed by atoms with Crippen LogP contribution in [0.1, 0.15) is 43.6 Å². The number of nitrogens with two attached hydrogens (primary N) is 1. The molecule has 0 saturated carbocycles. The number of nitrogens with zero attached hydrogens (tertiary/aromatic N) is 2. The maximum absolute atomic E-state index is 6.27. The monoisotopic (exact) mass is 243 g/mol. The van der Waals surface area contributed by atoms with Gasteiger partial charge in [0.25, 0.3) is 0 Å². The first-order valence-electron chi connectivity index (χ1n) is 6.51. The number of hydrogen-bond acceptors (Lipinski definition) is 2. The standard InChI is InChI=1S/C15H21N3/c1-12(2)18-15(10-11-17-18)14(16)9-8-13-6-4-3-5-7-13/h3-7,10-12,14H,8-9,16H2,1-2H3. The van der Waals surface area contributed by atoms with Crippen molar-refractivity contribution in [3.05, 3.63) is 53.9 Å². The zero-order valence-corrected chi connectivity index (χ0v) is 11.1. The third-order valence-electron chi connectivity index (χ3n) is 3.16. The summed E-state index contributed by atoms with van der Waals surface area (Å²) >= 11 is 0. The van der Waals surface area contributed by atoms with Crippen molar-refractivity contribution in [1.82, 2.24) is 9.78 Å². The molecule has 1 heterocycles. The number of rotatable bonds is 5. The van der Waals surface area contributed by atoms with Gasteiger partial charge in [-0.15, -0.1) is 0 Å². The first kappa shape index (κ1) is 12.8. The summed E-state index contributed by atoms with van der Waals surface area (Å²) in [5.74, 6) is 0. The van der Waals surface area contributed by atoms with Gasteiger partial charge in [0.2, 0.25) is 0 Å². The van der Waals surface area contributed by atoms with Crippen LogP contribution in [0.3, 0.4) is 0 Å². The molecule has 0 aliphatic carbocycles. The van der Waals surface area contributed by atoms with Crippen LogP contribution in [0.5, 0.6) is 0 Å². The molecule has 0 amide bonds. The van der Waals surface area contributed by atoms with Gasteiger partial charge >= 0.3 is 0 Å². The van der Waals surface area contributed by atoms with Crippen molar-refractivity contribution in [2.75, 3.05) is 0 Å². The molecule has 0 fully saturated rings. The van der Waals surface area contributed by atoms with Crippen LogP contribution in [0, 0.1) is 0 Å². The van der Waals surface area contributed by atoms with Crippen molar-refractivity contribution >= 4 is 0 Å². The summed E-state index contributed by atoms with van der Waals surface area (Å²) in [6.07, 6.45) is 3.78. The molecule has 96 valence electrons. The Morgan fingerprint density at radius 3 is 2.56 bits per heavy atom. The largest absolute Gasteiger partial charge is 0.323 e. The Morgan fingerprint density at radius 2 is 1.89 bits per heavy atom. The van der Waals surface area contributed by atoms with Gasteiger partial charge in [0.1, 0.15) is 0 Å². The van der Waals surface area contributed by atoms with Crippen LogP contribution in [0.25, 0.3) is 0 Å². The Kier molecular flexibility index (Phi) is 4.15. The molecule has 18 heavy (non-hydrogen) atoms. The Labute approximate surface area is 109 Å². The van der Waals surface area contributed by atoms with E-state index in [4.69, 9.17) is 5.73 Å². The fourth-order valence-corrected chi connectivity index (χ4v) is 2.16. The van der Waals surface area contributed by atoms with E-state index >= 15 is 0 Å². The second kappa shape index (κ2) is 5.83. The Morgan fingerprint density at radius 1 is 1.17 bits per heavy atom. The zero-order chi connectivity index (χ0) is 13.0. The van der Waals surface area contributed by atoms with Gasteiger partial charge in [0.05, 0.1) is 5.69 Å². The van der Waals surface area contributed by atoms with Crippen molar-refractivity contribution in [3.63, 3.8) is 0 Å². The molecule has 1 atom stereocenters. The minimum atomic E-state index is 0.0510. The van der Waals surface area contributed by atoms with Crippen molar-refractivity contribution in [1.29, 1.82) is 0 Å². The zero-order valence-electron chi connectivity index (χ0n) is 11.1. The average Bonchev–Trinajstić information content (AvgIpc) is 2.86. The van der Waals surface area contributed by atoms with Crippen molar-refractivity contribution in [2.24, 2.45) is 5.73 Å². The first-order valence-corrected chi connectivity index (χ1v) is 6.51. The summed E-state index contributed by atoms with van der Waals surface area (Å²) in [7, 11) is 0. The van der Waals surface area contributed by atoms with Gasteiger partial charge in [-0.1, -0.05) is 30.3 Å². The van der Waals surface area contributed by atoms with Crippen molar-refractivity contribution in [3.8, 4) is 0 Å². The van der Waals surface area contributed by atoms with E-state index < -0.39 is 0 Å². The van der Waals surface area contributed by atoms with Crippen LogP contribution >= 0.6 is 0 Å². The van der Waals surface area contributed by atoms with Crippen LogP contribution in [-0.4, -0.2) is 9.78 Å². The van der Waals surface area contributed by atoms with E-state index in [1.54, 1.807) is 0 Å². The van der Waals surface area contributed by atoms with E-state index in [1.807, 2.05) is 23.0 Å². The molecule has 0 bridgehead atoms. The lowest BCUT2D eigenvalue weighted by Crippen LogP contribution is -2.18. The SMILES string of the molecule is CC(C)n1nccc1C(N)CCc1ccccc1. The van der Waals surface area contributed by atoms with Crippen LogP contribution in [0.2, 0.25) is 0 Å². The second-order valence-corrected chi connectivity index (χ2v) is 4.93. The first-order chi connectivity index (χ1) is 8.68. The van der Waals surface area contributed by atoms with Crippen molar-refractivity contribution in [2.45, 2.75) is 38.8 Å². The minimum Gasteiger partial charge on any atom is -0.323 e. The topological polar surface area (TPSA) is 43.8 Å². The van der Waals surface area contributed by atoms with E-state index in [2.05, 4.69) is 43.2 Å². The van der Waals surface area contributed by atoms with E-state index in [0.717, 1.165) is 18.5 Å². The lowest BCUT2D eigenvalue weighted by Gasteiger charge is -2.16. The van der Waals surface area contributed by atoms with Gasteiger partial charge in [-0.25, -0.2) is 0 Å². The van der Waals surface area contributed by atoms with Crippen molar-refractivity contribution < 1.29 is 0 Å². The molecule has 0 aliphatic heterocycles. The molecular weight excluding hydrogens is 222 g/mol. The fraction of sp³-hybridized carbons (Fsp3) is 0.400. The summed E-state index contributed by atoms with van der Waals surface area (Å²) in [6.45, 7) is 4.25. The Balaban J connectivity index is 1.99. The number of aromatic nitrogens is 2. The molecule has 0 radical (unpaired) electrons. The van der Waals surface area contributed by atoms with E-state index in [1.165, 1.54) is 5.56 Å². The summed E-state index contributed by atoms with van der Waals surface area (Å²) < 4.78 is 2.01. The van der Waals surface area contributed by atoms with Gasteiger partial charge in [0, 0.05) is 18.3 Å². The maximum atomic E-state index is 6.27. The molecule has 0 saturated heterocycles. The summed E-state index contributed by atoms with van der Waals surface area (Å²) in [5, 5.41) is 4.33. The summed E-state index contributed by atoms with van der Waals surface area (Å²) in [5.41, 5.74) is 8.73. The van der Waals surface area contributed by atoms with E-state index in [-0.39, 0.29) is 6.04 Å². The van der Waals surface area contributed by atoms with Crippen LogP contribution in [-0.2, 0) is 6.42 Å². The molecule has 0 aliphatic rings. The van der Waals surface area contributed by atoms with E-state index in [9.17, 15) is 0 Å². The highest BCUT2D eigenvalue weighted by Gasteiger charge is 2.13. The smallest absolute Gasteiger partial charge is 0.0554 e. The highest BCUT2D eigenvalue weighted by molar-refractivity contribution is 5.16. The van der Waals surface area contributed by atoms with Crippen LogP contribution in [0.4, 0.5) is 0 Å². The molecule has 0 spiro atoms. The van der Waals surface area contributed by atoms with Gasteiger partial charge in [-0.3, -0.25) is 4.68 Å². The third kappa shape index (κ3) is 2.99. The highest BCUT2D eigenvalue weighted by Crippen LogP contribution is 2.19. The molecule has 2 rings (SSSR count). The molecule has 2 aromatic rings. The third-order valence-corrected chi connectivity index (χ3v) is 3.16. The van der Waals surface area contributed by atoms with Crippen LogP contribution in [0.15, 0.2) is 42.6 Å². The van der Waals surface area contributed by atoms with Crippen LogP contribution < -0.4 is 5.73 Å². The molecule has 3 heteroatoms. The van der Waals surface area contributed by atoms with E-state index in [0.29, 0.717) is 6.04 Å². The average molecular weight is 243 g/mol. The van der Waals surface area contributed by atoms with Gasteiger partial charge in [-0.2, -0.15) is 5.10 Å². The molecule has 2 N–H and O–H groups in total. The fourth-order valence-electron chi connectivity index (χ4n) is 2.16. The van der Waals surface area contributed by atoms with Gasteiger partial charge < -0.3 is 5.73 Å². The Bertz CT molecular complexity index is 473. The number of aryl methyl sites for hydroxylation is 1. The molecule has 1 unspecified atom stereocenters. The molecule has 1 aromatic carbocycles. The summed E-state index contributed by atoms with van der Waals surface area (Å²) in [6, 6.07) is 12.9. The number of benzene rings is 1. The highest BCUT2D eigenvalue weighted by atomic mass is 15.3.